The highest BCUT2D eigenvalue weighted by Gasteiger charge is 2.18. The number of rotatable bonds is 5. The molecule has 3 aromatic carbocycles. The van der Waals surface area contributed by atoms with E-state index in [-0.39, 0.29) is 10.6 Å². The summed E-state index contributed by atoms with van der Waals surface area (Å²) < 4.78 is 48.7. The van der Waals surface area contributed by atoms with Gasteiger partial charge in [-0.15, -0.1) is 0 Å². The molecular weight excluding hydrogens is 379 g/mol. The molecule has 0 unspecified atom stereocenters. The van der Waals surface area contributed by atoms with Gasteiger partial charge in [0.1, 0.15) is 0 Å². The molecule has 28 heavy (non-hydrogen) atoms. The van der Waals surface area contributed by atoms with Crippen molar-refractivity contribution in [3.8, 4) is 5.75 Å². The van der Waals surface area contributed by atoms with Gasteiger partial charge in [0.25, 0.3) is 10.0 Å². The highest BCUT2D eigenvalue weighted by atomic mass is 32.2. The van der Waals surface area contributed by atoms with Crippen molar-refractivity contribution in [2.75, 3.05) is 11.8 Å². The van der Waals surface area contributed by atoms with E-state index in [2.05, 4.69) is 16.2 Å². The molecule has 0 radical (unpaired) electrons. The van der Waals surface area contributed by atoms with Gasteiger partial charge >= 0.3 is 0 Å². The summed E-state index contributed by atoms with van der Waals surface area (Å²) in [5, 5.41) is 2.03. The molecule has 0 fully saturated rings. The van der Waals surface area contributed by atoms with Crippen LogP contribution in [0, 0.1) is 5.82 Å². The number of hydrogen-bond acceptors (Lipinski definition) is 3. The van der Waals surface area contributed by atoms with E-state index in [0.29, 0.717) is 5.69 Å². The highest BCUT2D eigenvalue weighted by Crippen LogP contribution is 2.32. The van der Waals surface area contributed by atoms with Crippen molar-refractivity contribution in [1.82, 2.24) is 4.57 Å². The predicted octanol–water partition coefficient (Wildman–Crippen LogP) is 4.76. The van der Waals surface area contributed by atoms with Crippen LogP contribution in [0.2, 0.25) is 0 Å². The minimum atomic E-state index is -3.89. The monoisotopic (exact) mass is 398 g/mol. The smallest absolute Gasteiger partial charge is 0.262 e. The first kappa shape index (κ1) is 18.3. The first-order valence-electron chi connectivity index (χ1n) is 8.82. The molecule has 0 atom stereocenters. The van der Waals surface area contributed by atoms with Gasteiger partial charge < -0.3 is 9.30 Å². The average Bonchev–Trinajstić information content (AvgIpc) is 3.01. The zero-order chi connectivity index (χ0) is 19.9. The van der Waals surface area contributed by atoms with E-state index in [1.807, 2.05) is 36.4 Å². The lowest BCUT2D eigenvalue weighted by Crippen LogP contribution is -2.13. The van der Waals surface area contributed by atoms with Crippen molar-refractivity contribution >= 4 is 37.5 Å². The number of halogens is 1. The molecule has 0 spiro atoms. The fourth-order valence-electron chi connectivity index (χ4n) is 3.48. The molecule has 4 aromatic rings. The van der Waals surface area contributed by atoms with Crippen LogP contribution in [0.1, 0.15) is 6.92 Å². The number of aromatic nitrogens is 1. The van der Waals surface area contributed by atoms with Crippen molar-refractivity contribution in [1.29, 1.82) is 0 Å². The van der Waals surface area contributed by atoms with Crippen LogP contribution in [0.4, 0.5) is 10.1 Å². The second-order valence-electron chi connectivity index (χ2n) is 6.40. The minimum absolute atomic E-state index is 0.0677. The molecule has 1 aromatic heterocycles. The molecule has 0 amide bonds. The number of benzene rings is 3. The molecule has 0 aliphatic carbocycles. The van der Waals surface area contributed by atoms with Crippen LogP contribution < -0.4 is 9.46 Å². The maximum absolute atomic E-state index is 13.6. The van der Waals surface area contributed by atoms with E-state index in [9.17, 15) is 12.8 Å². The standard InChI is InChI=1S/C21H19FN2O3S/c1-3-24-19-7-5-4-6-16(19)17-12-14(8-11-20(17)24)23-28(25,26)15-9-10-18(22)21(13-15)27-2/h4-13,23H,3H2,1-2H3. The number of fused-ring (bicyclic) bond motifs is 3. The Kier molecular flexibility index (Phi) is 4.47. The number of nitrogens with one attached hydrogen (secondary N) is 1. The Balaban J connectivity index is 1.79. The van der Waals surface area contributed by atoms with Crippen LogP contribution in [-0.2, 0) is 16.6 Å². The summed E-state index contributed by atoms with van der Waals surface area (Å²) in [4.78, 5) is -0.0677. The molecule has 0 aliphatic rings. The van der Waals surface area contributed by atoms with Crippen LogP contribution in [0.25, 0.3) is 21.8 Å². The van der Waals surface area contributed by atoms with Gasteiger partial charge in [-0.3, -0.25) is 4.72 Å². The van der Waals surface area contributed by atoms with E-state index >= 15 is 0 Å². The summed E-state index contributed by atoms with van der Waals surface area (Å²) in [6.45, 7) is 2.88. The third-order valence-corrected chi connectivity index (χ3v) is 6.15. The lowest BCUT2D eigenvalue weighted by atomic mass is 10.1. The van der Waals surface area contributed by atoms with Gasteiger partial charge in [-0.2, -0.15) is 0 Å². The highest BCUT2D eigenvalue weighted by molar-refractivity contribution is 7.92. The zero-order valence-electron chi connectivity index (χ0n) is 15.4. The van der Waals surface area contributed by atoms with Gasteiger partial charge in [-0.25, -0.2) is 12.8 Å². The predicted molar refractivity (Wildman–Crippen MR) is 109 cm³/mol. The molecule has 0 saturated carbocycles. The third-order valence-electron chi connectivity index (χ3n) is 4.77. The molecule has 0 saturated heterocycles. The molecule has 5 nitrogen and oxygen atoms in total. The number of sulfonamides is 1. The van der Waals surface area contributed by atoms with E-state index in [0.717, 1.165) is 34.4 Å². The largest absolute Gasteiger partial charge is 0.494 e. The van der Waals surface area contributed by atoms with Crippen LogP contribution in [0.15, 0.2) is 65.6 Å². The fourth-order valence-corrected chi connectivity index (χ4v) is 4.54. The summed E-state index contributed by atoms with van der Waals surface area (Å²) in [7, 11) is -2.60. The van der Waals surface area contributed by atoms with Crippen molar-refractivity contribution in [3.63, 3.8) is 0 Å². The van der Waals surface area contributed by atoms with Crippen LogP contribution in [-0.4, -0.2) is 20.1 Å². The van der Waals surface area contributed by atoms with Gasteiger partial charge in [0.05, 0.1) is 12.0 Å². The Labute approximate surface area is 162 Å². The zero-order valence-corrected chi connectivity index (χ0v) is 16.3. The minimum Gasteiger partial charge on any atom is -0.494 e. The molecule has 0 aliphatic heterocycles. The molecule has 144 valence electrons. The number of ether oxygens (including phenoxy) is 1. The Morgan fingerprint density at radius 3 is 2.50 bits per heavy atom. The Bertz CT molecular complexity index is 1300. The summed E-state index contributed by atoms with van der Waals surface area (Å²) in [5.74, 6) is -0.736. The van der Waals surface area contributed by atoms with Gasteiger partial charge in [0.2, 0.25) is 0 Å². The summed E-state index contributed by atoms with van der Waals surface area (Å²) in [6, 6.07) is 16.9. The number of para-hydroxylation sites is 1. The number of aryl methyl sites for hydroxylation is 1. The van der Waals surface area contributed by atoms with Crippen molar-refractivity contribution < 1.29 is 17.5 Å². The second kappa shape index (κ2) is 6.83. The fraction of sp³-hybridized carbons (Fsp3) is 0.143. The molecule has 0 bridgehead atoms. The third kappa shape index (κ3) is 2.97. The molecule has 1 heterocycles. The molecule has 4 rings (SSSR count). The van der Waals surface area contributed by atoms with Gasteiger partial charge in [-0.05, 0) is 43.3 Å². The quantitative estimate of drug-likeness (QED) is 0.527. The van der Waals surface area contributed by atoms with Gasteiger partial charge in [-0.1, -0.05) is 18.2 Å². The van der Waals surface area contributed by atoms with E-state index in [1.165, 1.54) is 19.2 Å². The Morgan fingerprint density at radius 1 is 1.00 bits per heavy atom. The van der Waals surface area contributed by atoms with Crippen molar-refractivity contribution in [3.05, 3.63) is 66.5 Å². The SMILES string of the molecule is CCn1c2ccccc2c2cc(NS(=O)(=O)c3ccc(F)c(OC)c3)ccc21. The second-order valence-corrected chi connectivity index (χ2v) is 8.08. The van der Waals surface area contributed by atoms with Crippen molar-refractivity contribution in [2.24, 2.45) is 0 Å². The lowest BCUT2D eigenvalue weighted by molar-refractivity contribution is 0.385. The maximum Gasteiger partial charge on any atom is 0.262 e. The first-order valence-corrected chi connectivity index (χ1v) is 10.3. The first-order chi connectivity index (χ1) is 13.4. The number of nitrogens with zero attached hydrogens (tertiary/aromatic N) is 1. The summed E-state index contributed by atoms with van der Waals surface area (Å²) in [5.41, 5.74) is 2.58. The van der Waals surface area contributed by atoms with Crippen LogP contribution in [0.5, 0.6) is 5.75 Å². The average molecular weight is 398 g/mol. The topological polar surface area (TPSA) is 60.3 Å². The maximum atomic E-state index is 13.6. The van der Waals surface area contributed by atoms with Gasteiger partial charge in [0.15, 0.2) is 11.6 Å². The van der Waals surface area contributed by atoms with Crippen LogP contribution >= 0.6 is 0 Å². The lowest BCUT2D eigenvalue weighted by Gasteiger charge is -2.10. The van der Waals surface area contributed by atoms with Crippen LogP contribution in [0.3, 0.4) is 0 Å². The number of methoxy groups -OCH3 is 1. The van der Waals surface area contributed by atoms with Gasteiger partial charge in [0, 0.05) is 40.1 Å². The van der Waals surface area contributed by atoms with E-state index < -0.39 is 15.8 Å². The molecular formula is C21H19FN2O3S. The van der Waals surface area contributed by atoms with E-state index in [1.54, 1.807) is 6.07 Å². The number of anilines is 1. The molecule has 1 N–H and O–H groups in total. The molecule has 7 heteroatoms. The summed E-state index contributed by atoms with van der Waals surface area (Å²) in [6.07, 6.45) is 0. The van der Waals surface area contributed by atoms with Crippen molar-refractivity contribution in [2.45, 2.75) is 18.4 Å². The van der Waals surface area contributed by atoms with E-state index in [4.69, 9.17) is 4.74 Å². The Morgan fingerprint density at radius 2 is 1.75 bits per heavy atom. The Hall–Kier alpha value is -3.06. The normalized spacial score (nSPS) is 11.8. The number of hydrogen-bond donors (Lipinski definition) is 1. The summed E-state index contributed by atoms with van der Waals surface area (Å²) >= 11 is 0.